The van der Waals surface area contributed by atoms with Crippen LogP contribution in [-0.4, -0.2) is 62.2 Å². The van der Waals surface area contributed by atoms with Gasteiger partial charge in [0.1, 0.15) is 19.4 Å². The lowest BCUT2D eigenvalue weighted by molar-refractivity contribution is 0.101. The minimum Gasteiger partial charge on any atom is -0.493 e. The minimum atomic E-state index is -0.460. The molecule has 0 aromatic heterocycles. The van der Waals surface area contributed by atoms with E-state index in [-0.39, 0.29) is 6.04 Å². The van der Waals surface area contributed by atoms with E-state index >= 15 is 0 Å². The summed E-state index contributed by atoms with van der Waals surface area (Å²) >= 11 is 0. The van der Waals surface area contributed by atoms with Gasteiger partial charge in [-0.15, -0.1) is 0 Å². The van der Waals surface area contributed by atoms with Crippen LogP contribution in [0.5, 0.6) is 17.2 Å². The highest BCUT2D eigenvalue weighted by Gasteiger charge is 2.23. The number of rotatable bonds is 13. The molecule has 2 atom stereocenters. The van der Waals surface area contributed by atoms with Crippen molar-refractivity contribution >= 4 is 0 Å². The van der Waals surface area contributed by atoms with E-state index in [1.54, 1.807) is 7.11 Å². The summed E-state index contributed by atoms with van der Waals surface area (Å²) in [7, 11) is 1.67. The molecule has 0 spiro atoms. The van der Waals surface area contributed by atoms with Crippen molar-refractivity contribution in [3.05, 3.63) is 17.7 Å². The average molecular weight is 421 g/mol. The van der Waals surface area contributed by atoms with Crippen LogP contribution in [0.15, 0.2) is 12.1 Å². The molecular weight excluding hydrogens is 380 g/mol. The number of ether oxygens (including phenoxy) is 3. The Labute approximate surface area is 181 Å². The monoisotopic (exact) mass is 420 g/mol. The van der Waals surface area contributed by atoms with Gasteiger partial charge in [-0.25, -0.2) is 0 Å². The van der Waals surface area contributed by atoms with Crippen molar-refractivity contribution in [3.63, 3.8) is 0 Å². The molecule has 2 heterocycles. The van der Waals surface area contributed by atoms with E-state index in [2.05, 4.69) is 23.2 Å². The summed E-state index contributed by atoms with van der Waals surface area (Å²) in [5, 5.41) is 14.1. The lowest BCUT2D eigenvalue weighted by atomic mass is 10.0. The number of likely N-dealkylation sites (tertiary alicyclic amines) is 1. The van der Waals surface area contributed by atoms with Crippen molar-refractivity contribution in [2.24, 2.45) is 0 Å². The van der Waals surface area contributed by atoms with E-state index < -0.39 is 6.23 Å². The highest BCUT2D eigenvalue weighted by atomic mass is 16.6. The first-order valence-electron chi connectivity index (χ1n) is 11.8. The number of nitrogens with zero attached hydrogens (tertiary/aromatic N) is 1. The Hall–Kier alpha value is -1.50. The van der Waals surface area contributed by atoms with E-state index in [0.717, 1.165) is 56.0 Å². The minimum absolute atomic E-state index is 0.181. The van der Waals surface area contributed by atoms with E-state index in [1.807, 2.05) is 6.07 Å². The lowest BCUT2D eigenvalue weighted by Crippen LogP contribution is -2.46. The van der Waals surface area contributed by atoms with Gasteiger partial charge in [-0.3, -0.25) is 5.32 Å². The second-order valence-electron chi connectivity index (χ2n) is 8.62. The van der Waals surface area contributed by atoms with Crippen molar-refractivity contribution in [1.29, 1.82) is 0 Å². The molecule has 1 saturated heterocycles. The third-order valence-electron chi connectivity index (χ3n) is 6.06. The second kappa shape index (κ2) is 12.4. The van der Waals surface area contributed by atoms with Gasteiger partial charge >= 0.3 is 0 Å². The number of hydrogen-bond donors (Lipinski definition) is 2. The fraction of sp³-hybridized carbons (Fsp3) is 0.750. The Kier molecular flexibility index (Phi) is 9.56. The van der Waals surface area contributed by atoms with E-state index in [0.29, 0.717) is 19.0 Å². The summed E-state index contributed by atoms with van der Waals surface area (Å²) < 4.78 is 17.1. The van der Waals surface area contributed by atoms with Gasteiger partial charge in [-0.1, -0.05) is 32.6 Å². The molecule has 6 heteroatoms. The van der Waals surface area contributed by atoms with Crippen LogP contribution in [0.3, 0.4) is 0 Å². The molecule has 0 radical (unpaired) electrons. The fourth-order valence-corrected chi connectivity index (χ4v) is 4.48. The number of nitrogens with one attached hydrogen (secondary N) is 1. The second-order valence-corrected chi connectivity index (χ2v) is 8.62. The van der Waals surface area contributed by atoms with Gasteiger partial charge in [-0.05, 0) is 62.9 Å². The SMILES string of the molecule is CCCCCCCC(O)NC(Cc1cc(OC)c2c(c1)OCCO2)CN1CCCC1. The zero-order chi connectivity index (χ0) is 21.2. The summed E-state index contributed by atoms with van der Waals surface area (Å²) in [5.74, 6) is 2.18. The molecule has 0 bridgehead atoms. The van der Waals surface area contributed by atoms with Gasteiger partial charge < -0.3 is 24.2 Å². The quantitative estimate of drug-likeness (QED) is 0.374. The maximum absolute atomic E-state index is 10.6. The van der Waals surface area contributed by atoms with Gasteiger partial charge in [0.25, 0.3) is 0 Å². The zero-order valence-corrected chi connectivity index (χ0v) is 18.8. The number of aliphatic hydroxyl groups is 1. The molecule has 3 rings (SSSR count). The Morgan fingerprint density at radius 1 is 1.10 bits per heavy atom. The van der Waals surface area contributed by atoms with Crippen LogP contribution in [0, 0.1) is 0 Å². The van der Waals surface area contributed by atoms with Crippen molar-refractivity contribution in [1.82, 2.24) is 10.2 Å². The van der Waals surface area contributed by atoms with E-state index in [9.17, 15) is 5.11 Å². The van der Waals surface area contributed by atoms with Gasteiger partial charge in [0.15, 0.2) is 11.5 Å². The van der Waals surface area contributed by atoms with Gasteiger partial charge in [0, 0.05) is 12.6 Å². The normalized spacial score (nSPS) is 18.4. The molecule has 6 nitrogen and oxygen atoms in total. The molecule has 0 saturated carbocycles. The Balaban J connectivity index is 1.62. The van der Waals surface area contributed by atoms with Crippen LogP contribution in [0.2, 0.25) is 0 Å². The summed E-state index contributed by atoms with van der Waals surface area (Å²) in [5.41, 5.74) is 1.14. The summed E-state index contributed by atoms with van der Waals surface area (Å²) in [6, 6.07) is 4.29. The van der Waals surface area contributed by atoms with Crippen LogP contribution < -0.4 is 19.5 Å². The Bertz CT molecular complexity index is 617. The first-order valence-corrected chi connectivity index (χ1v) is 11.8. The number of unbranched alkanes of at least 4 members (excludes halogenated alkanes) is 4. The first kappa shape index (κ1) is 23.2. The largest absolute Gasteiger partial charge is 0.493 e. The summed E-state index contributed by atoms with van der Waals surface area (Å²) in [6.45, 7) is 6.58. The van der Waals surface area contributed by atoms with E-state index in [1.165, 1.54) is 38.5 Å². The van der Waals surface area contributed by atoms with Crippen molar-refractivity contribution < 1.29 is 19.3 Å². The van der Waals surface area contributed by atoms with Crippen molar-refractivity contribution in [2.75, 3.05) is 40.0 Å². The number of aliphatic hydroxyl groups excluding tert-OH is 1. The zero-order valence-electron chi connectivity index (χ0n) is 18.8. The van der Waals surface area contributed by atoms with Gasteiger partial charge in [0.2, 0.25) is 5.75 Å². The molecule has 2 aliphatic heterocycles. The topological polar surface area (TPSA) is 63.2 Å². The summed E-state index contributed by atoms with van der Waals surface area (Å²) in [4.78, 5) is 2.50. The molecule has 2 N–H and O–H groups in total. The molecule has 1 aromatic carbocycles. The predicted molar refractivity (Wildman–Crippen MR) is 120 cm³/mol. The van der Waals surface area contributed by atoms with E-state index in [4.69, 9.17) is 14.2 Å². The number of hydrogen-bond acceptors (Lipinski definition) is 6. The average Bonchev–Trinajstić information content (AvgIpc) is 3.26. The predicted octanol–water partition coefficient (Wildman–Crippen LogP) is 3.74. The van der Waals surface area contributed by atoms with Crippen molar-refractivity contribution in [3.8, 4) is 17.2 Å². The maximum atomic E-state index is 10.6. The van der Waals surface area contributed by atoms with Crippen LogP contribution in [0.1, 0.15) is 63.9 Å². The summed E-state index contributed by atoms with van der Waals surface area (Å²) in [6.07, 6.45) is 9.77. The van der Waals surface area contributed by atoms with Crippen molar-refractivity contribution in [2.45, 2.75) is 77.0 Å². The molecular formula is C24H40N2O4. The molecule has 30 heavy (non-hydrogen) atoms. The third kappa shape index (κ3) is 7.03. The van der Waals surface area contributed by atoms with Crippen LogP contribution in [-0.2, 0) is 6.42 Å². The third-order valence-corrected chi connectivity index (χ3v) is 6.06. The van der Waals surface area contributed by atoms with Gasteiger partial charge in [-0.2, -0.15) is 0 Å². The van der Waals surface area contributed by atoms with Gasteiger partial charge in [0.05, 0.1) is 7.11 Å². The molecule has 170 valence electrons. The Morgan fingerprint density at radius 2 is 1.87 bits per heavy atom. The molecule has 0 amide bonds. The van der Waals surface area contributed by atoms with Crippen LogP contribution >= 0.6 is 0 Å². The number of fused-ring (bicyclic) bond motifs is 1. The molecule has 2 unspecified atom stereocenters. The molecule has 2 aliphatic rings. The highest BCUT2D eigenvalue weighted by Crippen LogP contribution is 2.40. The number of benzene rings is 1. The lowest BCUT2D eigenvalue weighted by Gasteiger charge is -2.28. The molecule has 0 aliphatic carbocycles. The Morgan fingerprint density at radius 3 is 2.63 bits per heavy atom. The fourth-order valence-electron chi connectivity index (χ4n) is 4.48. The van der Waals surface area contributed by atoms with Crippen LogP contribution in [0.25, 0.3) is 0 Å². The smallest absolute Gasteiger partial charge is 0.203 e. The number of methoxy groups -OCH3 is 1. The first-order chi connectivity index (χ1) is 14.7. The van der Waals surface area contributed by atoms with Crippen LogP contribution in [0.4, 0.5) is 0 Å². The highest BCUT2D eigenvalue weighted by molar-refractivity contribution is 5.54. The standard InChI is InChI=1S/C24H40N2O4/c1-3-4-5-6-7-10-23(27)25-20(18-26-11-8-9-12-26)15-19-16-21(28-2)24-22(17-19)29-13-14-30-24/h16-17,20,23,25,27H,3-15,18H2,1-2H3. The molecule has 1 aromatic rings. The molecule has 1 fully saturated rings. The maximum Gasteiger partial charge on any atom is 0.203 e.